The lowest BCUT2D eigenvalue weighted by atomic mass is 9.96. The zero-order chi connectivity index (χ0) is 18.8. The number of nitrogens with one attached hydrogen (secondary N) is 1. The van der Waals surface area contributed by atoms with E-state index in [4.69, 9.17) is 4.74 Å². The van der Waals surface area contributed by atoms with Crippen LogP contribution in [-0.4, -0.2) is 38.8 Å². The van der Waals surface area contributed by atoms with Gasteiger partial charge >= 0.3 is 0 Å². The van der Waals surface area contributed by atoms with Crippen molar-refractivity contribution in [1.29, 1.82) is 0 Å². The summed E-state index contributed by atoms with van der Waals surface area (Å²) in [5.41, 5.74) is 3.66. The van der Waals surface area contributed by atoms with E-state index >= 15 is 0 Å². The summed E-state index contributed by atoms with van der Waals surface area (Å²) in [5.74, 6) is 0.663. The van der Waals surface area contributed by atoms with E-state index < -0.39 is 0 Å². The second-order valence-electron chi connectivity index (χ2n) is 7.00. The molecule has 0 radical (unpaired) electrons. The molecule has 0 unspecified atom stereocenters. The van der Waals surface area contributed by atoms with Crippen molar-refractivity contribution in [3.63, 3.8) is 0 Å². The summed E-state index contributed by atoms with van der Waals surface area (Å²) >= 11 is 0. The van der Waals surface area contributed by atoms with Gasteiger partial charge in [0.1, 0.15) is 6.10 Å². The molecule has 4 rings (SSSR count). The first kappa shape index (κ1) is 17.5. The molecule has 0 aromatic carbocycles. The molecule has 1 aliphatic rings. The highest BCUT2D eigenvalue weighted by Gasteiger charge is 2.20. The Hall–Kier alpha value is -2.96. The number of hydrogen-bond acceptors (Lipinski definition) is 5. The SMILES string of the molecule is CNC(=O)Cc1nccc2nn(Cc3cnc(OC4CCC4)c(C)c3)cc12. The number of carbonyl (C=O) groups excluding carboxylic acids is 1. The third-order valence-corrected chi connectivity index (χ3v) is 4.93. The van der Waals surface area contributed by atoms with Crippen LogP contribution in [0, 0.1) is 6.92 Å². The van der Waals surface area contributed by atoms with Gasteiger partial charge in [0.25, 0.3) is 0 Å². The van der Waals surface area contributed by atoms with Crippen LogP contribution in [0.4, 0.5) is 0 Å². The summed E-state index contributed by atoms with van der Waals surface area (Å²) in [5, 5.41) is 8.14. The van der Waals surface area contributed by atoms with E-state index in [1.807, 2.05) is 30.1 Å². The van der Waals surface area contributed by atoms with Gasteiger partial charge in [-0.15, -0.1) is 0 Å². The number of hydrogen-bond donors (Lipinski definition) is 1. The maximum absolute atomic E-state index is 11.7. The number of fused-ring (bicyclic) bond motifs is 1. The Morgan fingerprint density at radius 2 is 2.22 bits per heavy atom. The quantitative estimate of drug-likeness (QED) is 0.725. The second kappa shape index (κ2) is 7.34. The van der Waals surface area contributed by atoms with E-state index in [0.29, 0.717) is 12.6 Å². The van der Waals surface area contributed by atoms with Crippen LogP contribution >= 0.6 is 0 Å². The van der Waals surface area contributed by atoms with Gasteiger partial charge in [0, 0.05) is 36.6 Å². The van der Waals surface area contributed by atoms with E-state index in [2.05, 4.69) is 26.4 Å². The first-order valence-electron chi connectivity index (χ1n) is 9.26. The number of aromatic nitrogens is 4. The molecule has 1 aliphatic carbocycles. The minimum Gasteiger partial charge on any atom is -0.474 e. The summed E-state index contributed by atoms with van der Waals surface area (Å²) in [6.45, 7) is 2.63. The smallest absolute Gasteiger partial charge is 0.225 e. The summed E-state index contributed by atoms with van der Waals surface area (Å²) < 4.78 is 7.78. The Morgan fingerprint density at radius 3 is 2.93 bits per heavy atom. The van der Waals surface area contributed by atoms with Gasteiger partial charge in [0.05, 0.1) is 24.2 Å². The Bertz CT molecular complexity index is 978. The average Bonchev–Trinajstić information content (AvgIpc) is 3.03. The van der Waals surface area contributed by atoms with Crippen molar-refractivity contribution < 1.29 is 9.53 Å². The Kier molecular flexibility index (Phi) is 4.75. The molecule has 140 valence electrons. The Labute approximate surface area is 157 Å². The first-order chi connectivity index (χ1) is 13.1. The van der Waals surface area contributed by atoms with E-state index in [0.717, 1.165) is 46.4 Å². The van der Waals surface area contributed by atoms with Crippen molar-refractivity contribution in [3.05, 3.63) is 47.5 Å². The number of pyridine rings is 2. The average molecular weight is 365 g/mol. The summed E-state index contributed by atoms with van der Waals surface area (Å²) in [6, 6.07) is 3.95. The van der Waals surface area contributed by atoms with Crippen molar-refractivity contribution in [1.82, 2.24) is 25.1 Å². The number of ether oxygens (including phenoxy) is 1. The third kappa shape index (κ3) is 3.77. The maximum Gasteiger partial charge on any atom is 0.225 e. The molecule has 1 amide bonds. The van der Waals surface area contributed by atoms with Crippen molar-refractivity contribution in [2.75, 3.05) is 7.05 Å². The topological polar surface area (TPSA) is 81.9 Å². The molecule has 0 bridgehead atoms. The molecule has 3 aromatic heterocycles. The summed E-state index contributed by atoms with van der Waals surface area (Å²) in [7, 11) is 1.62. The van der Waals surface area contributed by atoms with Gasteiger partial charge < -0.3 is 10.1 Å². The van der Waals surface area contributed by atoms with Crippen LogP contribution < -0.4 is 10.1 Å². The molecule has 7 nitrogen and oxygen atoms in total. The lowest BCUT2D eigenvalue weighted by Gasteiger charge is -2.26. The molecule has 1 fully saturated rings. The normalized spacial score (nSPS) is 14.1. The minimum atomic E-state index is -0.0652. The van der Waals surface area contributed by atoms with Crippen molar-refractivity contribution in [3.8, 4) is 5.88 Å². The van der Waals surface area contributed by atoms with Crippen LogP contribution in [0.3, 0.4) is 0 Å². The van der Waals surface area contributed by atoms with Gasteiger partial charge in [-0.05, 0) is 43.9 Å². The van der Waals surface area contributed by atoms with Gasteiger partial charge in [-0.1, -0.05) is 0 Å². The zero-order valence-corrected chi connectivity index (χ0v) is 15.6. The summed E-state index contributed by atoms with van der Waals surface area (Å²) in [4.78, 5) is 20.5. The van der Waals surface area contributed by atoms with Gasteiger partial charge in [-0.2, -0.15) is 5.10 Å². The lowest BCUT2D eigenvalue weighted by molar-refractivity contribution is -0.119. The van der Waals surface area contributed by atoms with Gasteiger partial charge in [0.2, 0.25) is 11.8 Å². The molecule has 1 N–H and O–H groups in total. The fraction of sp³-hybridized carbons (Fsp3) is 0.400. The number of nitrogens with zero attached hydrogens (tertiary/aromatic N) is 4. The third-order valence-electron chi connectivity index (χ3n) is 4.93. The maximum atomic E-state index is 11.7. The molecule has 0 atom stereocenters. The predicted octanol–water partition coefficient (Wildman–Crippen LogP) is 2.40. The second-order valence-corrected chi connectivity index (χ2v) is 7.00. The molecule has 3 heterocycles. The lowest BCUT2D eigenvalue weighted by Crippen LogP contribution is -2.25. The molecule has 0 spiro atoms. The molecule has 27 heavy (non-hydrogen) atoms. The highest BCUT2D eigenvalue weighted by molar-refractivity contribution is 5.86. The zero-order valence-electron chi connectivity index (χ0n) is 15.6. The molecule has 3 aromatic rings. The van der Waals surface area contributed by atoms with Gasteiger partial charge in [-0.3, -0.25) is 14.5 Å². The molecular weight excluding hydrogens is 342 g/mol. The van der Waals surface area contributed by atoms with E-state index in [9.17, 15) is 4.79 Å². The molecule has 0 aliphatic heterocycles. The number of likely N-dealkylation sites (N-methyl/N-ethyl adjacent to an activating group) is 1. The largest absolute Gasteiger partial charge is 0.474 e. The van der Waals surface area contributed by atoms with Gasteiger partial charge in [-0.25, -0.2) is 4.98 Å². The number of carbonyl (C=O) groups is 1. The predicted molar refractivity (Wildman–Crippen MR) is 102 cm³/mol. The van der Waals surface area contributed by atoms with Crippen LogP contribution in [0.1, 0.15) is 36.1 Å². The number of amides is 1. The van der Waals surface area contributed by atoms with Crippen LogP contribution in [-0.2, 0) is 17.8 Å². The standard InChI is InChI=1S/C20H23N5O2/c1-13-8-14(10-23-20(13)27-15-4-3-5-15)11-25-12-16-17(24-25)6-7-22-18(16)9-19(26)21-2/h6-8,10,12,15H,3-5,9,11H2,1-2H3,(H,21,26). The van der Waals surface area contributed by atoms with Crippen molar-refractivity contribution >= 4 is 16.8 Å². The fourth-order valence-corrected chi connectivity index (χ4v) is 3.18. The van der Waals surface area contributed by atoms with E-state index in [1.54, 1.807) is 13.2 Å². The molecular formula is C20H23N5O2. The van der Waals surface area contributed by atoms with E-state index in [-0.39, 0.29) is 12.3 Å². The Morgan fingerprint density at radius 1 is 1.37 bits per heavy atom. The first-order valence-corrected chi connectivity index (χ1v) is 9.26. The monoisotopic (exact) mass is 365 g/mol. The Balaban J connectivity index is 1.53. The number of rotatable bonds is 6. The van der Waals surface area contributed by atoms with Crippen molar-refractivity contribution in [2.45, 2.75) is 45.3 Å². The van der Waals surface area contributed by atoms with Crippen LogP contribution in [0.5, 0.6) is 5.88 Å². The number of aryl methyl sites for hydroxylation is 1. The van der Waals surface area contributed by atoms with Crippen LogP contribution in [0.2, 0.25) is 0 Å². The summed E-state index contributed by atoms with van der Waals surface area (Å²) in [6.07, 6.45) is 9.52. The minimum absolute atomic E-state index is 0.0652. The highest BCUT2D eigenvalue weighted by atomic mass is 16.5. The molecule has 7 heteroatoms. The molecule has 0 saturated heterocycles. The highest BCUT2D eigenvalue weighted by Crippen LogP contribution is 2.26. The molecule has 1 saturated carbocycles. The van der Waals surface area contributed by atoms with Crippen LogP contribution in [0.25, 0.3) is 10.9 Å². The fourth-order valence-electron chi connectivity index (χ4n) is 3.18. The van der Waals surface area contributed by atoms with Crippen molar-refractivity contribution in [2.24, 2.45) is 0 Å². The van der Waals surface area contributed by atoms with Crippen LogP contribution in [0.15, 0.2) is 30.7 Å². The van der Waals surface area contributed by atoms with Gasteiger partial charge in [0.15, 0.2) is 0 Å². The van der Waals surface area contributed by atoms with E-state index in [1.165, 1.54) is 6.42 Å².